The summed E-state index contributed by atoms with van der Waals surface area (Å²) >= 11 is 0. The van der Waals surface area contributed by atoms with Crippen LogP contribution in [0.5, 0.6) is 0 Å². The van der Waals surface area contributed by atoms with E-state index in [0.29, 0.717) is 12.4 Å². The molecule has 21 heavy (non-hydrogen) atoms. The van der Waals surface area contributed by atoms with E-state index >= 15 is 0 Å². The molecule has 0 saturated heterocycles. The van der Waals surface area contributed by atoms with Crippen LogP contribution in [0.3, 0.4) is 0 Å². The smallest absolute Gasteiger partial charge is 0.341 e. The monoisotopic (exact) mass is 283 g/mol. The summed E-state index contributed by atoms with van der Waals surface area (Å²) in [6.07, 6.45) is 2.59. The third-order valence-corrected chi connectivity index (χ3v) is 3.07. The lowest BCUT2D eigenvalue weighted by molar-refractivity contribution is 0.0697. The Morgan fingerprint density at radius 2 is 2.29 bits per heavy atom. The van der Waals surface area contributed by atoms with Gasteiger partial charge in [-0.05, 0) is 24.6 Å². The molecule has 0 atom stereocenters. The van der Waals surface area contributed by atoms with E-state index in [9.17, 15) is 4.79 Å². The van der Waals surface area contributed by atoms with Crippen molar-refractivity contribution < 1.29 is 9.90 Å². The van der Waals surface area contributed by atoms with Gasteiger partial charge in [-0.1, -0.05) is 6.07 Å². The molecule has 0 spiro atoms. The highest BCUT2D eigenvalue weighted by Crippen LogP contribution is 2.16. The van der Waals surface area contributed by atoms with Crippen LogP contribution in [0.15, 0.2) is 30.7 Å². The van der Waals surface area contributed by atoms with E-state index in [1.165, 1.54) is 12.5 Å². The minimum Gasteiger partial charge on any atom is -0.477 e. The first-order valence-corrected chi connectivity index (χ1v) is 6.36. The van der Waals surface area contributed by atoms with Gasteiger partial charge in [-0.2, -0.15) is 0 Å². The molecule has 7 heteroatoms. The highest BCUT2D eigenvalue weighted by Gasteiger charge is 2.11. The molecule has 7 nitrogen and oxygen atoms in total. The number of carboxylic acid groups (broad SMARTS) is 1. The number of fused-ring (bicyclic) bond motifs is 1. The van der Waals surface area contributed by atoms with Gasteiger partial charge in [0.25, 0.3) is 0 Å². The number of aromatic amines is 1. The Morgan fingerprint density at radius 3 is 3.10 bits per heavy atom. The molecule has 3 N–H and O–H groups in total. The first kappa shape index (κ1) is 13.0. The number of imidazole rings is 1. The van der Waals surface area contributed by atoms with Crippen LogP contribution in [0.2, 0.25) is 0 Å². The van der Waals surface area contributed by atoms with Crippen molar-refractivity contribution in [2.75, 3.05) is 5.32 Å². The number of H-pyrrole nitrogens is 1. The highest BCUT2D eigenvalue weighted by molar-refractivity contribution is 5.92. The number of anilines is 1. The molecule has 0 fully saturated rings. The van der Waals surface area contributed by atoms with E-state index in [0.717, 1.165) is 22.4 Å². The maximum Gasteiger partial charge on any atom is 0.341 e. The van der Waals surface area contributed by atoms with Crippen LogP contribution in [0.1, 0.15) is 21.7 Å². The lowest BCUT2D eigenvalue weighted by Gasteiger charge is -2.07. The number of nitrogens with one attached hydrogen (secondary N) is 2. The van der Waals surface area contributed by atoms with Gasteiger partial charge in [0.2, 0.25) is 0 Å². The molecule has 2 aromatic heterocycles. The molecule has 0 aliphatic heterocycles. The second kappa shape index (κ2) is 5.20. The Bertz CT molecular complexity index is 812. The lowest BCUT2D eigenvalue weighted by Crippen LogP contribution is -2.08. The summed E-state index contributed by atoms with van der Waals surface area (Å²) in [6, 6.07) is 5.84. The zero-order chi connectivity index (χ0) is 14.8. The number of nitrogens with zero attached hydrogens (tertiary/aromatic N) is 3. The van der Waals surface area contributed by atoms with E-state index in [-0.39, 0.29) is 5.56 Å². The van der Waals surface area contributed by atoms with Crippen LogP contribution in [-0.2, 0) is 6.54 Å². The highest BCUT2D eigenvalue weighted by atomic mass is 16.4. The van der Waals surface area contributed by atoms with Crippen LogP contribution >= 0.6 is 0 Å². The summed E-state index contributed by atoms with van der Waals surface area (Å²) in [5.41, 5.74) is 2.91. The fourth-order valence-corrected chi connectivity index (χ4v) is 2.11. The average Bonchev–Trinajstić information content (AvgIpc) is 2.84. The average molecular weight is 283 g/mol. The Labute approximate surface area is 120 Å². The summed E-state index contributed by atoms with van der Waals surface area (Å²) in [4.78, 5) is 26.3. The zero-order valence-corrected chi connectivity index (χ0v) is 11.3. The number of hydrogen-bond donors (Lipinski definition) is 3. The number of rotatable bonds is 4. The van der Waals surface area contributed by atoms with Gasteiger partial charge in [0.05, 0.1) is 11.0 Å². The molecule has 0 radical (unpaired) electrons. The van der Waals surface area contributed by atoms with Crippen molar-refractivity contribution in [1.29, 1.82) is 0 Å². The molecule has 0 amide bonds. The number of carboxylic acids is 1. The van der Waals surface area contributed by atoms with Crippen molar-refractivity contribution in [2.24, 2.45) is 0 Å². The van der Waals surface area contributed by atoms with Crippen LogP contribution in [-0.4, -0.2) is 31.0 Å². The van der Waals surface area contributed by atoms with Crippen molar-refractivity contribution >= 4 is 22.8 Å². The summed E-state index contributed by atoms with van der Waals surface area (Å²) < 4.78 is 0. The van der Waals surface area contributed by atoms with Gasteiger partial charge in [0.15, 0.2) is 0 Å². The number of aromatic nitrogens is 4. The maximum atomic E-state index is 11.1. The predicted molar refractivity (Wildman–Crippen MR) is 77.1 cm³/mol. The van der Waals surface area contributed by atoms with Gasteiger partial charge < -0.3 is 15.4 Å². The molecule has 0 aliphatic carbocycles. The quantitative estimate of drug-likeness (QED) is 0.676. The fourth-order valence-electron chi connectivity index (χ4n) is 2.11. The van der Waals surface area contributed by atoms with Crippen LogP contribution in [0.25, 0.3) is 11.0 Å². The van der Waals surface area contributed by atoms with E-state index < -0.39 is 5.97 Å². The Balaban J connectivity index is 1.81. The SMILES string of the molecule is Cc1nc2ccc(CNc3ncncc3C(=O)O)cc2[nH]1. The summed E-state index contributed by atoms with van der Waals surface area (Å²) in [7, 11) is 0. The second-order valence-electron chi connectivity index (χ2n) is 4.62. The minimum atomic E-state index is -1.06. The standard InChI is InChI=1S/C14H13N5O2/c1-8-18-11-3-2-9(4-12(11)19-8)5-16-13-10(14(20)21)6-15-7-17-13/h2-4,6-7H,5H2,1H3,(H,18,19)(H,20,21)(H,15,16,17). The molecule has 0 aliphatic rings. The molecular formula is C14H13N5O2. The number of aryl methyl sites for hydroxylation is 1. The van der Waals surface area contributed by atoms with Gasteiger partial charge in [0.1, 0.15) is 23.5 Å². The Kier molecular flexibility index (Phi) is 3.23. The topological polar surface area (TPSA) is 104 Å². The second-order valence-corrected chi connectivity index (χ2v) is 4.62. The maximum absolute atomic E-state index is 11.1. The van der Waals surface area contributed by atoms with Crippen LogP contribution in [0, 0.1) is 6.92 Å². The third kappa shape index (κ3) is 2.66. The van der Waals surface area contributed by atoms with Crippen molar-refractivity contribution in [2.45, 2.75) is 13.5 Å². The van der Waals surface area contributed by atoms with Crippen LogP contribution < -0.4 is 5.32 Å². The molecule has 3 aromatic rings. The molecule has 0 unspecified atom stereocenters. The van der Waals surface area contributed by atoms with Gasteiger partial charge in [-0.25, -0.2) is 19.7 Å². The molecular weight excluding hydrogens is 270 g/mol. The van der Waals surface area contributed by atoms with Crippen molar-refractivity contribution in [1.82, 2.24) is 19.9 Å². The number of hydrogen-bond acceptors (Lipinski definition) is 5. The third-order valence-electron chi connectivity index (χ3n) is 3.07. The normalized spacial score (nSPS) is 10.7. The fraction of sp³-hybridized carbons (Fsp3) is 0.143. The Hall–Kier alpha value is -2.96. The van der Waals surface area contributed by atoms with Gasteiger partial charge >= 0.3 is 5.97 Å². The summed E-state index contributed by atoms with van der Waals surface area (Å²) in [5, 5.41) is 12.1. The van der Waals surface area contributed by atoms with E-state index in [2.05, 4.69) is 25.3 Å². The lowest BCUT2D eigenvalue weighted by atomic mass is 10.2. The summed E-state index contributed by atoms with van der Waals surface area (Å²) in [6.45, 7) is 2.36. The number of aromatic carboxylic acids is 1. The first-order chi connectivity index (χ1) is 10.1. The molecule has 2 heterocycles. The van der Waals surface area contributed by atoms with Crippen molar-refractivity contribution in [3.05, 3.63) is 47.7 Å². The van der Waals surface area contributed by atoms with E-state index in [1.54, 1.807) is 0 Å². The van der Waals surface area contributed by atoms with E-state index in [1.807, 2.05) is 25.1 Å². The molecule has 0 saturated carbocycles. The first-order valence-electron chi connectivity index (χ1n) is 6.36. The summed E-state index contributed by atoms with van der Waals surface area (Å²) in [5.74, 6) is 0.107. The van der Waals surface area contributed by atoms with Gasteiger partial charge in [-0.3, -0.25) is 0 Å². The van der Waals surface area contributed by atoms with Crippen molar-refractivity contribution in [3.8, 4) is 0 Å². The predicted octanol–water partition coefficient (Wildman–Crippen LogP) is 1.97. The molecule has 1 aromatic carbocycles. The number of carbonyl (C=O) groups is 1. The largest absolute Gasteiger partial charge is 0.477 e. The minimum absolute atomic E-state index is 0.0518. The Morgan fingerprint density at radius 1 is 1.43 bits per heavy atom. The number of benzene rings is 1. The molecule has 106 valence electrons. The van der Waals surface area contributed by atoms with Crippen LogP contribution in [0.4, 0.5) is 5.82 Å². The van der Waals surface area contributed by atoms with E-state index in [4.69, 9.17) is 5.11 Å². The van der Waals surface area contributed by atoms with Crippen molar-refractivity contribution in [3.63, 3.8) is 0 Å². The molecule has 3 rings (SSSR count). The van der Waals surface area contributed by atoms with Gasteiger partial charge in [-0.15, -0.1) is 0 Å². The molecule has 0 bridgehead atoms. The zero-order valence-electron chi connectivity index (χ0n) is 11.3. The van der Waals surface area contributed by atoms with Gasteiger partial charge in [0, 0.05) is 12.7 Å².